The Kier molecular flexibility index (Phi) is 5.93. The zero-order valence-corrected chi connectivity index (χ0v) is 9.54. The average Bonchev–Trinajstić information content (AvgIpc) is 2.67. The van der Waals surface area contributed by atoms with E-state index < -0.39 is 0 Å². The number of hydrogen-bond acceptors (Lipinski definition) is 3. The monoisotopic (exact) mass is 246 g/mol. The van der Waals surface area contributed by atoms with Crippen molar-refractivity contribution in [1.29, 1.82) is 0 Å². The van der Waals surface area contributed by atoms with Gasteiger partial charge in [0.05, 0.1) is 17.6 Å². The van der Waals surface area contributed by atoms with E-state index >= 15 is 0 Å². The van der Waals surface area contributed by atoms with E-state index in [4.69, 9.17) is 5.73 Å². The highest BCUT2D eigenvalue weighted by atomic mass is 35.5. The van der Waals surface area contributed by atoms with Crippen LogP contribution in [0.1, 0.15) is 5.69 Å². The van der Waals surface area contributed by atoms with Crippen LogP contribution in [0.4, 0.5) is 0 Å². The summed E-state index contributed by atoms with van der Waals surface area (Å²) in [4.78, 5) is 4.00. The lowest BCUT2D eigenvalue weighted by Crippen LogP contribution is -2.00. The summed E-state index contributed by atoms with van der Waals surface area (Å²) in [5, 5.41) is 4.25. The van der Waals surface area contributed by atoms with Crippen LogP contribution in [-0.2, 0) is 6.54 Å². The van der Waals surface area contributed by atoms with Gasteiger partial charge in [-0.25, -0.2) is 4.68 Å². The van der Waals surface area contributed by atoms with Crippen molar-refractivity contribution in [2.75, 3.05) is 0 Å². The molecule has 0 aliphatic rings. The van der Waals surface area contributed by atoms with Crippen LogP contribution in [0.25, 0.3) is 5.69 Å². The van der Waals surface area contributed by atoms with E-state index in [0.29, 0.717) is 6.54 Å². The quantitative estimate of drug-likeness (QED) is 0.876. The third-order valence-corrected chi connectivity index (χ3v) is 1.76. The molecule has 0 aliphatic heterocycles. The van der Waals surface area contributed by atoms with Crippen LogP contribution in [0.2, 0.25) is 0 Å². The summed E-state index contributed by atoms with van der Waals surface area (Å²) in [7, 11) is 0. The van der Waals surface area contributed by atoms with E-state index in [1.807, 2.05) is 24.4 Å². The maximum Gasteiger partial charge on any atom is 0.0828 e. The molecule has 82 valence electrons. The van der Waals surface area contributed by atoms with Crippen LogP contribution in [0, 0.1) is 0 Å². The standard InChI is InChI=1S/C9H10N4.2ClH/c10-6-8-3-5-13(12-8)9-2-1-4-11-7-9;;/h1-5,7H,6,10H2;2*1H. The molecule has 0 saturated heterocycles. The smallest absolute Gasteiger partial charge is 0.0828 e. The minimum absolute atomic E-state index is 0. The molecule has 0 aliphatic carbocycles. The van der Waals surface area contributed by atoms with Gasteiger partial charge < -0.3 is 5.73 Å². The third-order valence-electron chi connectivity index (χ3n) is 1.76. The lowest BCUT2D eigenvalue weighted by molar-refractivity contribution is 0.829. The van der Waals surface area contributed by atoms with Crippen LogP contribution in [0.3, 0.4) is 0 Å². The molecule has 0 atom stereocenters. The van der Waals surface area contributed by atoms with Gasteiger partial charge in [-0.05, 0) is 18.2 Å². The zero-order valence-electron chi connectivity index (χ0n) is 7.91. The molecule has 0 bridgehead atoms. The predicted octanol–water partition coefficient (Wildman–Crippen LogP) is 1.57. The largest absolute Gasteiger partial charge is 0.325 e. The third kappa shape index (κ3) is 3.20. The molecule has 2 rings (SSSR count). The van der Waals surface area contributed by atoms with Crippen LogP contribution in [0.5, 0.6) is 0 Å². The minimum Gasteiger partial charge on any atom is -0.325 e. The predicted molar refractivity (Wildman–Crippen MR) is 63.7 cm³/mol. The zero-order chi connectivity index (χ0) is 9.10. The summed E-state index contributed by atoms with van der Waals surface area (Å²) in [5.74, 6) is 0. The lowest BCUT2D eigenvalue weighted by Gasteiger charge is -1.98. The molecular weight excluding hydrogens is 235 g/mol. The Morgan fingerprint density at radius 1 is 1.27 bits per heavy atom. The van der Waals surface area contributed by atoms with Crippen LogP contribution >= 0.6 is 24.8 Å². The molecule has 0 amide bonds. The molecule has 4 nitrogen and oxygen atoms in total. The second-order valence-electron chi connectivity index (χ2n) is 2.67. The Morgan fingerprint density at radius 2 is 2.07 bits per heavy atom. The van der Waals surface area contributed by atoms with E-state index in [1.54, 1.807) is 17.1 Å². The molecule has 2 aromatic heterocycles. The van der Waals surface area contributed by atoms with Crippen LogP contribution < -0.4 is 5.73 Å². The number of rotatable bonds is 2. The number of aromatic nitrogens is 3. The first-order valence-corrected chi connectivity index (χ1v) is 4.05. The summed E-state index contributed by atoms with van der Waals surface area (Å²) in [6, 6.07) is 5.71. The van der Waals surface area contributed by atoms with Crippen molar-refractivity contribution < 1.29 is 0 Å². The molecule has 0 aromatic carbocycles. The van der Waals surface area contributed by atoms with Crippen LogP contribution in [0.15, 0.2) is 36.8 Å². The van der Waals surface area contributed by atoms with Crippen LogP contribution in [-0.4, -0.2) is 14.8 Å². The summed E-state index contributed by atoms with van der Waals surface area (Å²) < 4.78 is 1.76. The maximum absolute atomic E-state index is 5.45. The van der Waals surface area contributed by atoms with Gasteiger partial charge in [-0.1, -0.05) is 0 Å². The second kappa shape index (κ2) is 6.40. The highest BCUT2D eigenvalue weighted by molar-refractivity contribution is 5.85. The van der Waals surface area contributed by atoms with Crippen molar-refractivity contribution in [3.05, 3.63) is 42.5 Å². The average molecular weight is 247 g/mol. The van der Waals surface area contributed by atoms with Gasteiger partial charge in [-0.15, -0.1) is 24.8 Å². The lowest BCUT2D eigenvalue weighted by atomic mass is 10.4. The SMILES string of the molecule is Cl.Cl.NCc1ccn(-c2cccnc2)n1. The number of nitrogens with zero attached hydrogens (tertiary/aromatic N) is 3. The minimum atomic E-state index is 0. The van der Waals surface area contributed by atoms with Gasteiger partial charge in [0.2, 0.25) is 0 Å². The first-order valence-electron chi connectivity index (χ1n) is 4.05. The Hall–Kier alpha value is -1.10. The van der Waals surface area contributed by atoms with Crippen molar-refractivity contribution in [1.82, 2.24) is 14.8 Å². The van der Waals surface area contributed by atoms with E-state index in [2.05, 4.69) is 10.1 Å². The van der Waals surface area contributed by atoms with Gasteiger partial charge >= 0.3 is 0 Å². The fraction of sp³-hybridized carbons (Fsp3) is 0.111. The Labute approximate surface area is 100 Å². The highest BCUT2D eigenvalue weighted by Gasteiger charge is 1.97. The summed E-state index contributed by atoms with van der Waals surface area (Å²) in [6.07, 6.45) is 5.36. The van der Waals surface area contributed by atoms with Crippen molar-refractivity contribution in [3.8, 4) is 5.69 Å². The van der Waals surface area contributed by atoms with Gasteiger partial charge in [-0.3, -0.25) is 4.98 Å². The number of pyridine rings is 1. The van der Waals surface area contributed by atoms with Gasteiger partial charge in [0, 0.05) is 18.9 Å². The van der Waals surface area contributed by atoms with Gasteiger partial charge in [-0.2, -0.15) is 5.10 Å². The maximum atomic E-state index is 5.45. The molecule has 0 radical (unpaired) electrons. The molecule has 0 fully saturated rings. The van der Waals surface area contributed by atoms with E-state index in [0.717, 1.165) is 11.4 Å². The molecule has 2 aromatic rings. The van der Waals surface area contributed by atoms with Gasteiger partial charge in [0.1, 0.15) is 0 Å². The first-order chi connectivity index (χ1) is 6.40. The Balaban J connectivity index is 0.000000980. The summed E-state index contributed by atoms with van der Waals surface area (Å²) >= 11 is 0. The normalized spacial score (nSPS) is 8.87. The van der Waals surface area contributed by atoms with Crippen molar-refractivity contribution >= 4 is 24.8 Å². The van der Waals surface area contributed by atoms with Crippen molar-refractivity contribution in [2.45, 2.75) is 6.54 Å². The number of nitrogens with two attached hydrogens (primary N) is 1. The fourth-order valence-corrected chi connectivity index (χ4v) is 1.10. The molecule has 2 N–H and O–H groups in total. The Bertz CT molecular complexity index is 388. The topological polar surface area (TPSA) is 56.7 Å². The van der Waals surface area contributed by atoms with E-state index in [1.165, 1.54) is 0 Å². The molecule has 15 heavy (non-hydrogen) atoms. The van der Waals surface area contributed by atoms with E-state index in [-0.39, 0.29) is 24.8 Å². The molecule has 6 heteroatoms. The molecule has 0 saturated carbocycles. The highest BCUT2D eigenvalue weighted by Crippen LogP contribution is 2.04. The number of halogens is 2. The molecular formula is C9H12Cl2N4. The second-order valence-corrected chi connectivity index (χ2v) is 2.67. The molecule has 0 unspecified atom stereocenters. The van der Waals surface area contributed by atoms with Crippen molar-refractivity contribution in [2.24, 2.45) is 5.73 Å². The summed E-state index contributed by atoms with van der Waals surface area (Å²) in [5.41, 5.74) is 7.27. The van der Waals surface area contributed by atoms with Gasteiger partial charge in [0.15, 0.2) is 0 Å². The van der Waals surface area contributed by atoms with Gasteiger partial charge in [0.25, 0.3) is 0 Å². The fourth-order valence-electron chi connectivity index (χ4n) is 1.10. The first kappa shape index (κ1) is 13.9. The molecule has 2 heterocycles. The van der Waals surface area contributed by atoms with Crippen molar-refractivity contribution in [3.63, 3.8) is 0 Å². The Morgan fingerprint density at radius 3 is 2.60 bits per heavy atom. The number of hydrogen-bond donors (Lipinski definition) is 1. The van der Waals surface area contributed by atoms with E-state index in [9.17, 15) is 0 Å². The summed E-state index contributed by atoms with van der Waals surface area (Å²) in [6.45, 7) is 0.466. The molecule has 0 spiro atoms.